The zero-order valence-electron chi connectivity index (χ0n) is 14.3. The lowest BCUT2D eigenvalue weighted by molar-refractivity contribution is 0.0395. The van der Waals surface area contributed by atoms with Gasteiger partial charge in [-0.15, -0.1) is 0 Å². The van der Waals surface area contributed by atoms with E-state index in [9.17, 15) is 0 Å². The maximum atomic E-state index is 6.37. The first kappa shape index (κ1) is 17.0. The van der Waals surface area contributed by atoms with Gasteiger partial charge in [0.2, 0.25) is 0 Å². The molecule has 3 unspecified atom stereocenters. The van der Waals surface area contributed by atoms with Gasteiger partial charge in [0.25, 0.3) is 0 Å². The normalized spacial score (nSPS) is 31.4. The van der Waals surface area contributed by atoms with Gasteiger partial charge in [-0.25, -0.2) is 0 Å². The molecule has 1 saturated carbocycles. The monoisotopic (exact) mass is 267 g/mol. The summed E-state index contributed by atoms with van der Waals surface area (Å²) in [4.78, 5) is 0. The molecule has 1 aliphatic carbocycles. The summed E-state index contributed by atoms with van der Waals surface area (Å²) in [7, 11) is 0. The predicted molar refractivity (Wildman–Crippen MR) is 86.3 cm³/mol. The number of hydrogen-bond donors (Lipinski definition) is 1. The molecule has 0 spiro atoms. The van der Waals surface area contributed by atoms with Crippen LogP contribution in [0.1, 0.15) is 92.9 Å². The van der Waals surface area contributed by atoms with Crippen molar-refractivity contribution in [1.29, 1.82) is 0 Å². The van der Waals surface area contributed by atoms with Gasteiger partial charge in [0, 0.05) is 5.54 Å². The molecule has 0 bridgehead atoms. The van der Waals surface area contributed by atoms with Crippen molar-refractivity contribution in [2.75, 3.05) is 0 Å². The Hall–Kier alpha value is -0.0400. The Labute approximate surface area is 121 Å². The molecular formula is C18H37N. The highest BCUT2D eigenvalue weighted by molar-refractivity contribution is 4.97. The van der Waals surface area contributed by atoms with Crippen LogP contribution >= 0.6 is 0 Å². The molecule has 0 aromatic heterocycles. The Morgan fingerprint density at radius 3 is 2.26 bits per heavy atom. The van der Waals surface area contributed by atoms with Gasteiger partial charge in [-0.2, -0.15) is 0 Å². The average Bonchev–Trinajstić information content (AvgIpc) is 2.60. The highest BCUT2D eigenvalue weighted by atomic mass is 14.7. The summed E-state index contributed by atoms with van der Waals surface area (Å²) in [5.74, 6) is 0.877. The fraction of sp³-hybridized carbons (Fsp3) is 1.00. The second-order valence-corrected chi connectivity index (χ2v) is 8.35. The second kappa shape index (κ2) is 6.16. The third kappa shape index (κ3) is 3.97. The van der Waals surface area contributed by atoms with Gasteiger partial charge >= 0.3 is 0 Å². The van der Waals surface area contributed by atoms with Crippen molar-refractivity contribution in [2.45, 2.75) is 98.4 Å². The molecule has 19 heavy (non-hydrogen) atoms. The molecule has 1 rings (SSSR count). The van der Waals surface area contributed by atoms with Crippen molar-refractivity contribution in [3.8, 4) is 0 Å². The van der Waals surface area contributed by atoms with Crippen LogP contribution in [-0.2, 0) is 0 Å². The molecule has 0 heterocycles. The van der Waals surface area contributed by atoms with E-state index in [-0.39, 0.29) is 5.54 Å². The fourth-order valence-electron chi connectivity index (χ4n) is 4.26. The SMILES string of the molecule is CCCC(C)(N)CCCC(C)(C)C1(C)CCCC1C. The van der Waals surface area contributed by atoms with Crippen LogP contribution in [0.5, 0.6) is 0 Å². The molecule has 114 valence electrons. The van der Waals surface area contributed by atoms with Crippen molar-refractivity contribution in [3.63, 3.8) is 0 Å². The maximum Gasteiger partial charge on any atom is 0.0125 e. The van der Waals surface area contributed by atoms with Crippen LogP contribution in [0.4, 0.5) is 0 Å². The Morgan fingerprint density at radius 2 is 1.79 bits per heavy atom. The lowest BCUT2D eigenvalue weighted by atomic mass is 9.59. The van der Waals surface area contributed by atoms with Crippen molar-refractivity contribution in [1.82, 2.24) is 0 Å². The molecule has 1 aliphatic rings. The molecule has 2 N–H and O–H groups in total. The average molecular weight is 268 g/mol. The summed E-state index contributed by atoms with van der Waals surface area (Å²) in [6.45, 7) is 14.4. The lowest BCUT2D eigenvalue weighted by Gasteiger charge is -2.46. The third-order valence-electron chi connectivity index (χ3n) is 6.34. The maximum absolute atomic E-state index is 6.37. The molecule has 0 saturated heterocycles. The first-order chi connectivity index (χ1) is 8.65. The van der Waals surface area contributed by atoms with E-state index in [1.54, 1.807) is 0 Å². The molecule has 1 nitrogen and oxygen atoms in total. The Morgan fingerprint density at radius 1 is 1.16 bits per heavy atom. The molecule has 0 radical (unpaired) electrons. The highest BCUT2D eigenvalue weighted by Gasteiger charge is 2.46. The van der Waals surface area contributed by atoms with E-state index in [1.807, 2.05) is 0 Å². The summed E-state index contributed by atoms with van der Waals surface area (Å²) < 4.78 is 0. The van der Waals surface area contributed by atoms with E-state index >= 15 is 0 Å². The van der Waals surface area contributed by atoms with Gasteiger partial charge in [0.15, 0.2) is 0 Å². The van der Waals surface area contributed by atoms with E-state index in [2.05, 4.69) is 41.5 Å². The molecule has 0 aromatic rings. The predicted octanol–water partition coefficient (Wildman–Crippen LogP) is 5.53. The number of hydrogen-bond acceptors (Lipinski definition) is 1. The molecule has 0 aromatic carbocycles. The van der Waals surface area contributed by atoms with Gasteiger partial charge in [-0.3, -0.25) is 0 Å². The number of nitrogens with two attached hydrogens (primary N) is 1. The van der Waals surface area contributed by atoms with E-state index in [4.69, 9.17) is 5.73 Å². The Balaban J connectivity index is 2.51. The molecule has 0 amide bonds. The van der Waals surface area contributed by atoms with Crippen LogP contribution in [0, 0.1) is 16.7 Å². The van der Waals surface area contributed by atoms with Crippen LogP contribution in [0.2, 0.25) is 0 Å². The standard InChI is InChI=1S/C18H37N/c1-7-11-17(5,19)13-9-12-16(3,4)18(6)14-8-10-15(18)2/h15H,7-14,19H2,1-6H3. The quantitative estimate of drug-likeness (QED) is 0.645. The fourth-order valence-corrected chi connectivity index (χ4v) is 4.26. The summed E-state index contributed by atoms with van der Waals surface area (Å²) in [6, 6.07) is 0. The summed E-state index contributed by atoms with van der Waals surface area (Å²) >= 11 is 0. The second-order valence-electron chi connectivity index (χ2n) is 8.35. The van der Waals surface area contributed by atoms with Crippen molar-refractivity contribution in [3.05, 3.63) is 0 Å². The van der Waals surface area contributed by atoms with E-state index in [0.717, 1.165) is 12.3 Å². The molecular weight excluding hydrogens is 230 g/mol. The summed E-state index contributed by atoms with van der Waals surface area (Å²) in [5, 5.41) is 0. The first-order valence-corrected chi connectivity index (χ1v) is 8.43. The Kier molecular flexibility index (Phi) is 5.52. The van der Waals surface area contributed by atoms with Crippen molar-refractivity contribution < 1.29 is 0 Å². The van der Waals surface area contributed by atoms with Gasteiger partial charge in [0.05, 0.1) is 0 Å². The van der Waals surface area contributed by atoms with Crippen LogP contribution in [0.3, 0.4) is 0 Å². The summed E-state index contributed by atoms with van der Waals surface area (Å²) in [5.41, 5.74) is 7.40. The van der Waals surface area contributed by atoms with E-state index < -0.39 is 0 Å². The van der Waals surface area contributed by atoms with Crippen LogP contribution in [0.25, 0.3) is 0 Å². The molecule has 1 heteroatoms. The molecule has 3 atom stereocenters. The Bertz CT molecular complexity index is 279. The van der Waals surface area contributed by atoms with E-state index in [1.165, 1.54) is 44.9 Å². The molecule has 0 aliphatic heterocycles. The van der Waals surface area contributed by atoms with Crippen molar-refractivity contribution in [2.24, 2.45) is 22.5 Å². The van der Waals surface area contributed by atoms with Crippen LogP contribution in [0.15, 0.2) is 0 Å². The van der Waals surface area contributed by atoms with Crippen LogP contribution < -0.4 is 5.73 Å². The van der Waals surface area contributed by atoms with Gasteiger partial charge in [-0.1, -0.05) is 60.3 Å². The van der Waals surface area contributed by atoms with Gasteiger partial charge in [0.1, 0.15) is 0 Å². The minimum Gasteiger partial charge on any atom is -0.325 e. The minimum atomic E-state index is 0.0486. The first-order valence-electron chi connectivity index (χ1n) is 8.43. The smallest absolute Gasteiger partial charge is 0.0125 e. The van der Waals surface area contributed by atoms with Gasteiger partial charge < -0.3 is 5.73 Å². The topological polar surface area (TPSA) is 26.0 Å². The highest BCUT2D eigenvalue weighted by Crippen LogP contribution is 2.56. The summed E-state index contributed by atoms with van der Waals surface area (Å²) in [6.07, 6.45) is 10.4. The van der Waals surface area contributed by atoms with Crippen LogP contribution in [-0.4, -0.2) is 5.54 Å². The largest absolute Gasteiger partial charge is 0.325 e. The van der Waals surface area contributed by atoms with E-state index in [0.29, 0.717) is 10.8 Å². The van der Waals surface area contributed by atoms with Gasteiger partial charge in [-0.05, 0) is 49.4 Å². The minimum absolute atomic E-state index is 0.0486. The third-order valence-corrected chi connectivity index (χ3v) is 6.34. The zero-order valence-corrected chi connectivity index (χ0v) is 14.3. The number of rotatable bonds is 7. The zero-order chi connectivity index (χ0) is 14.7. The lowest BCUT2D eigenvalue weighted by Crippen LogP contribution is -2.39. The molecule has 1 fully saturated rings. The van der Waals surface area contributed by atoms with Crippen molar-refractivity contribution >= 4 is 0 Å².